The van der Waals surface area contributed by atoms with Crippen LogP contribution in [0.25, 0.3) is 0 Å². The highest BCUT2D eigenvalue weighted by molar-refractivity contribution is 6.00. The molecule has 0 fully saturated rings. The third-order valence-electron chi connectivity index (χ3n) is 5.73. The molecule has 0 aliphatic carbocycles. The molecule has 0 radical (unpaired) electrons. The minimum absolute atomic E-state index is 0.0508. The highest BCUT2D eigenvalue weighted by atomic mass is 16.6. The van der Waals surface area contributed by atoms with Crippen molar-refractivity contribution in [1.29, 1.82) is 0 Å². The fourth-order valence-corrected chi connectivity index (χ4v) is 4.17. The summed E-state index contributed by atoms with van der Waals surface area (Å²) in [5, 5.41) is 23.5. The summed E-state index contributed by atoms with van der Waals surface area (Å²) in [6.45, 7) is 0.0508. The zero-order valence-corrected chi connectivity index (χ0v) is 17.6. The maximum absolute atomic E-state index is 13.2. The zero-order valence-electron chi connectivity index (χ0n) is 17.6. The first-order chi connectivity index (χ1) is 15.4. The number of methoxy groups -OCH3 is 2. The number of nitro groups is 1. The van der Waals surface area contributed by atoms with E-state index in [4.69, 9.17) is 9.47 Å². The maximum atomic E-state index is 13.2. The van der Waals surface area contributed by atoms with Crippen molar-refractivity contribution in [2.45, 2.75) is 12.1 Å². The van der Waals surface area contributed by atoms with E-state index in [0.717, 1.165) is 0 Å². The second-order valence-corrected chi connectivity index (χ2v) is 7.38. The van der Waals surface area contributed by atoms with Crippen molar-refractivity contribution in [3.63, 3.8) is 0 Å². The van der Waals surface area contributed by atoms with Gasteiger partial charge in [-0.3, -0.25) is 14.9 Å². The lowest BCUT2D eigenvalue weighted by Crippen LogP contribution is -2.45. The van der Waals surface area contributed by atoms with E-state index in [-0.39, 0.29) is 30.3 Å². The van der Waals surface area contributed by atoms with Crippen LogP contribution in [0, 0.1) is 10.1 Å². The number of hydrogen-bond acceptors (Lipinski definition) is 6. The van der Waals surface area contributed by atoms with Gasteiger partial charge in [0, 0.05) is 28.8 Å². The molecule has 0 saturated carbocycles. The largest absolute Gasteiger partial charge is 0.493 e. The number of carbonyl (C=O) groups excluding carboxylic acids is 1. The molecule has 32 heavy (non-hydrogen) atoms. The van der Waals surface area contributed by atoms with Gasteiger partial charge < -0.3 is 19.5 Å². The lowest BCUT2D eigenvalue weighted by Gasteiger charge is -2.35. The molecular weight excluding hydrogens is 412 g/mol. The van der Waals surface area contributed by atoms with E-state index in [2.05, 4.69) is 0 Å². The van der Waals surface area contributed by atoms with E-state index in [1.807, 2.05) is 6.07 Å². The van der Waals surface area contributed by atoms with Gasteiger partial charge in [0.1, 0.15) is 0 Å². The number of hydrogen-bond donors (Lipinski definition) is 1. The molecule has 8 nitrogen and oxygen atoms in total. The van der Waals surface area contributed by atoms with Crippen LogP contribution in [-0.2, 0) is 12.1 Å². The molecule has 1 heterocycles. The molecule has 3 aromatic carbocycles. The summed E-state index contributed by atoms with van der Waals surface area (Å²) < 4.78 is 10.5. The minimum Gasteiger partial charge on any atom is -0.493 e. The predicted molar refractivity (Wildman–Crippen MR) is 117 cm³/mol. The lowest BCUT2D eigenvalue weighted by atomic mass is 9.93. The van der Waals surface area contributed by atoms with Gasteiger partial charge >= 0.3 is 0 Å². The molecular formula is C24H22N2O6. The fourth-order valence-electron chi connectivity index (χ4n) is 4.17. The van der Waals surface area contributed by atoms with Crippen LogP contribution < -0.4 is 9.47 Å². The molecule has 4 rings (SSSR count). The van der Waals surface area contributed by atoms with E-state index < -0.39 is 10.6 Å². The van der Waals surface area contributed by atoms with Crippen molar-refractivity contribution in [2.24, 2.45) is 0 Å². The Bertz CT molecular complexity index is 1180. The van der Waals surface area contributed by atoms with Crippen molar-refractivity contribution < 1.29 is 24.3 Å². The second kappa shape index (κ2) is 8.32. The monoisotopic (exact) mass is 434 g/mol. The van der Waals surface area contributed by atoms with Gasteiger partial charge in [0.2, 0.25) is 0 Å². The number of amides is 1. The topological polar surface area (TPSA) is 102 Å². The van der Waals surface area contributed by atoms with E-state index in [1.165, 1.54) is 31.3 Å². The molecule has 1 aliphatic rings. The first-order valence-electron chi connectivity index (χ1n) is 10.0. The summed E-state index contributed by atoms with van der Waals surface area (Å²) in [4.78, 5) is 25.7. The molecule has 0 saturated heterocycles. The molecule has 0 bridgehead atoms. The summed E-state index contributed by atoms with van der Waals surface area (Å²) in [7, 11) is 2.85. The van der Waals surface area contributed by atoms with E-state index in [0.29, 0.717) is 28.0 Å². The number of aliphatic hydroxyl groups is 1. The Morgan fingerprint density at radius 3 is 2.28 bits per heavy atom. The van der Waals surface area contributed by atoms with Crippen LogP contribution in [-0.4, -0.2) is 41.6 Å². The second-order valence-electron chi connectivity index (χ2n) is 7.38. The summed E-state index contributed by atoms with van der Waals surface area (Å²) in [6.07, 6.45) is 0.130. The van der Waals surface area contributed by atoms with E-state index in [1.54, 1.807) is 48.5 Å². The first kappa shape index (κ1) is 21.3. The van der Waals surface area contributed by atoms with Crippen LogP contribution in [0.2, 0.25) is 0 Å². The van der Waals surface area contributed by atoms with E-state index >= 15 is 0 Å². The number of benzene rings is 3. The van der Waals surface area contributed by atoms with Gasteiger partial charge in [-0.25, -0.2) is 0 Å². The van der Waals surface area contributed by atoms with Crippen molar-refractivity contribution in [2.75, 3.05) is 20.8 Å². The Morgan fingerprint density at radius 1 is 1.00 bits per heavy atom. The quantitative estimate of drug-likeness (QED) is 0.451. The van der Waals surface area contributed by atoms with Gasteiger partial charge in [-0.05, 0) is 18.6 Å². The fraction of sp³-hybridized carbons (Fsp3) is 0.208. The number of ether oxygens (including phenoxy) is 2. The van der Waals surface area contributed by atoms with Crippen LogP contribution in [0.15, 0.2) is 66.7 Å². The van der Waals surface area contributed by atoms with E-state index in [9.17, 15) is 20.0 Å². The average Bonchev–Trinajstić information content (AvgIpc) is 3.05. The average molecular weight is 434 g/mol. The Labute approximate surface area is 184 Å². The lowest BCUT2D eigenvalue weighted by molar-refractivity contribution is -0.385. The van der Waals surface area contributed by atoms with Crippen LogP contribution in [0.1, 0.15) is 27.0 Å². The SMILES string of the molecule is COc1cc(CCN2C(=O)c3ccccc3[C@@]2(O)c2ccccc2)c([N+](=O)[O-])cc1OC. The molecule has 3 aromatic rings. The maximum Gasteiger partial charge on any atom is 0.276 e. The van der Waals surface area contributed by atoms with Gasteiger partial charge in [-0.15, -0.1) is 0 Å². The summed E-state index contributed by atoms with van der Waals surface area (Å²) in [5.41, 5.74) is -0.0269. The van der Waals surface area contributed by atoms with Gasteiger partial charge in [0.15, 0.2) is 17.2 Å². The van der Waals surface area contributed by atoms with Crippen molar-refractivity contribution in [1.82, 2.24) is 4.90 Å². The standard InChI is InChI=1S/C24H22N2O6/c1-31-21-14-16(20(26(29)30)15-22(21)32-2)12-13-25-23(27)18-10-6-7-11-19(18)24(25,28)17-8-4-3-5-9-17/h3-11,14-15,28H,12-13H2,1-2H3/t24-/m0/s1. The van der Waals surface area contributed by atoms with Crippen molar-refractivity contribution in [3.8, 4) is 11.5 Å². The number of carbonyl (C=O) groups is 1. The zero-order chi connectivity index (χ0) is 22.9. The number of fused-ring (bicyclic) bond motifs is 1. The smallest absolute Gasteiger partial charge is 0.276 e. The van der Waals surface area contributed by atoms with Gasteiger partial charge in [-0.1, -0.05) is 48.5 Å². The van der Waals surface area contributed by atoms with Crippen LogP contribution >= 0.6 is 0 Å². The summed E-state index contributed by atoms with van der Waals surface area (Å²) in [5.74, 6) is 0.255. The first-order valence-corrected chi connectivity index (χ1v) is 10.0. The molecule has 164 valence electrons. The van der Waals surface area contributed by atoms with Crippen LogP contribution in [0.4, 0.5) is 5.69 Å². The normalized spacial score (nSPS) is 17.2. The summed E-state index contributed by atoms with van der Waals surface area (Å²) >= 11 is 0. The summed E-state index contributed by atoms with van der Waals surface area (Å²) in [6, 6.07) is 18.6. The molecule has 1 N–H and O–H groups in total. The minimum atomic E-state index is -1.68. The van der Waals surface area contributed by atoms with Gasteiger partial charge in [0.25, 0.3) is 11.6 Å². The molecule has 1 amide bonds. The van der Waals surface area contributed by atoms with Crippen LogP contribution in [0.3, 0.4) is 0 Å². The third kappa shape index (κ3) is 3.34. The Kier molecular flexibility index (Phi) is 5.54. The highest BCUT2D eigenvalue weighted by Gasteiger charge is 2.49. The molecule has 0 unspecified atom stereocenters. The van der Waals surface area contributed by atoms with Gasteiger partial charge in [-0.2, -0.15) is 0 Å². The highest BCUT2D eigenvalue weighted by Crippen LogP contribution is 2.42. The Morgan fingerprint density at radius 2 is 1.62 bits per heavy atom. The number of nitro benzene ring substituents is 1. The Hall–Kier alpha value is -3.91. The molecule has 0 aromatic heterocycles. The van der Waals surface area contributed by atoms with Gasteiger partial charge in [0.05, 0.1) is 25.2 Å². The number of rotatable bonds is 7. The van der Waals surface area contributed by atoms with Crippen molar-refractivity contribution >= 4 is 11.6 Å². The van der Waals surface area contributed by atoms with Crippen LogP contribution in [0.5, 0.6) is 11.5 Å². The Balaban J connectivity index is 1.75. The third-order valence-corrected chi connectivity index (χ3v) is 5.73. The molecule has 1 atom stereocenters. The molecule has 0 spiro atoms. The predicted octanol–water partition coefficient (Wildman–Crippen LogP) is 3.50. The van der Waals surface area contributed by atoms with Crippen molar-refractivity contribution in [3.05, 3.63) is 99.1 Å². The number of nitrogens with zero attached hydrogens (tertiary/aromatic N) is 2. The molecule has 1 aliphatic heterocycles. The molecule has 8 heteroatoms.